The number of benzene rings is 3. The van der Waals surface area contributed by atoms with Crippen LogP contribution in [-0.4, -0.2) is 15.0 Å². The molecule has 4 heteroatoms. The first-order valence-corrected chi connectivity index (χ1v) is 10.4. The highest BCUT2D eigenvalue weighted by Crippen LogP contribution is 2.15. The molecule has 0 unspecified atom stereocenters. The predicted octanol–water partition coefficient (Wildman–Crippen LogP) is 4.69. The van der Waals surface area contributed by atoms with Gasteiger partial charge in [-0.2, -0.15) is 0 Å². The summed E-state index contributed by atoms with van der Waals surface area (Å²) in [5.41, 5.74) is 4.37. The van der Waals surface area contributed by atoms with Crippen LogP contribution in [0.15, 0.2) is 83.8 Å². The third kappa shape index (κ3) is 5.39. The van der Waals surface area contributed by atoms with Crippen molar-refractivity contribution in [2.45, 2.75) is 18.2 Å². The van der Waals surface area contributed by atoms with Gasteiger partial charge in [-0.1, -0.05) is 84.4 Å². The lowest BCUT2D eigenvalue weighted by Gasteiger charge is -2.09. The summed E-state index contributed by atoms with van der Waals surface area (Å²) in [5.74, 6) is 0. The van der Waals surface area contributed by atoms with Crippen LogP contribution < -0.4 is 4.72 Å². The van der Waals surface area contributed by atoms with E-state index in [1.807, 2.05) is 49.4 Å². The monoisotopic (exact) mass is 377 g/mol. The molecule has 0 aromatic heterocycles. The van der Waals surface area contributed by atoms with E-state index in [1.54, 1.807) is 24.3 Å². The molecule has 27 heavy (non-hydrogen) atoms. The Morgan fingerprint density at radius 1 is 0.815 bits per heavy atom. The molecule has 0 spiro atoms. The molecule has 0 saturated heterocycles. The quantitative estimate of drug-likeness (QED) is 0.607. The summed E-state index contributed by atoms with van der Waals surface area (Å²) in [6.07, 6.45) is 4.76. The normalized spacial score (nSPS) is 11.7. The topological polar surface area (TPSA) is 46.2 Å². The molecule has 0 aliphatic heterocycles. The van der Waals surface area contributed by atoms with Crippen molar-refractivity contribution in [3.05, 3.63) is 101 Å². The maximum absolute atomic E-state index is 12.4. The van der Waals surface area contributed by atoms with Crippen LogP contribution in [0.25, 0.3) is 12.2 Å². The van der Waals surface area contributed by atoms with Crippen molar-refractivity contribution in [1.29, 1.82) is 0 Å². The van der Waals surface area contributed by atoms with E-state index in [0.29, 0.717) is 17.9 Å². The van der Waals surface area contributed by atoms with Crippen molar-refractivity contribution in [2.75, 3.05) is 6.54 Å². The van der Waals surface area contributed by atoms with Crippen molar-refractivity contribution in [1.82, 2.24) is 4.72 Å². The van der Waals surface area contributed by atoms with Crippen LogP contribution in [0.4, 0.5) is 0 Å². The first-order valence-electron chi connectivity index (χ1n) is 8.92. The van der Waals surface area contributed by atoms with Crippen molar-refractivity contribution < 1.29 is 8.42 Å². The predicted molar refractivity (Wildman–Crippen MR) is 112 cm³/mol. The van der Waals surface area contributed by atoms with Crippen LogP contribution in [0.2, 0.25) is 0 Å². The average Bonchev–Trinajstić information content (AvgIpc) is 2.68. The van der Waals surface area contributed by atoms with E-state index in [1.165, 1.54) is 0 Å². The number of sulfonamides is 1. The standard InChI is InChI=1S/C23H23NO2S/c1-19-11-15-23(16-12-19)27(25,26)24-18-17-22-10-6-5-9-21(22)14-13-20-7-3-2-4-8-20/h2-16,24H,17-18H2,1H3/b14-13+. The molecular formula is C23H23NO2S. The van der Waals surface area contributed by atoms with Crippen LogP contribution >= 0.6 is 0 Å². The molecule has 0 radical (unpaired) electrons. The lowest BCUT2D eigenvalue weighted by Crippen LogP contribution is -2.26. The van der Waals surface area contributed by atoms with Gasteiger partial charge in [0.05, 0.1) is 4.90 Å². The second-order valence-electron chi connectivity index (χ2n) is 6.40. The summed E-state index contributed by atoms with van der Waals surface area (Å²) in [6, 6.07) is 25.0. The highest BCUT2D eigenvalue weighted by atomic mass is 32.2. The van der Waals surface area contributed by atoms with Gasteiger partial charge in [0.15, 0.2) is 0 Å². The second-order valence-corrected chi connectivity index (χ2v) is 8.17. The van der Waals surface area contributed by atoms with Crippen molar-refractivity contribution in [3.8, 4) is 0 Å². The molecule has 0 aliphatic carbocycles. The van der Waals surface area contributed by atoms with E-state index in [-0.39, 0.29) is 0 Å². The minimum Gasteiger partial charge on any atom is -0.211 e. The fourth-order valence-electron chi connectivity index (χ4n) is 2.80. The van der Waals surface area contributed by atoms with Gasteiger partial charge in [-0.25, -0.2) is 13.1 Å². The molecule has 0 aliphatic rings. The highest BCUT2D eigenvalue weighted by Gasteiger charge is 2.13. The molecule has 0 saturated carbocycles. The van der Waals surface area contributed by atoms with Crippen molar-refractivity contribution in [2.24, 2.45) is 0 Å². The van der Waals surface area contributed by atoms with E-state index in [9.17, 15) is 8.42 Å². The highest BCUT2D eigenvalue weighted by molar-refractivity contribution is 7.89. The SMILES string of the molecule is Cc1ccc(S(=O)(=O)NCCc2ccccc2/C=C/c2ccccc2)cc1. The third-order valence-corrected chi connectivity index (χ3v) is 5.80. The van der Waals surface area contributed by atoms with Gasteiger partial charge < -0.3 is 0 Å². The Labute approximate surface area is 161 Å². The Balaban J connectivity index is 1.66. The number of nitrogens with one attached hydrogen (secondary N) is 1. The summed E-state index contributed by atoms with van der Waals surface area (Å²) in [5, 5.41) is 0. The molecule has 138 valence electrons. The van der Waals surface area contributed by atoms with Crippen molar-refractivity contribution >= 4 is 22.2 Å². The summed E-state index contributed by atoms with van der Waals surface area (Å²) >= 11 is 0. The van der Waals surface area contributed by atoms with Gasteiger partial charge in [-0.05, 0) is 42.2 Å². The number of aryl methyl sites for hydroxylation is 1. The molecular weight excluding hydrogens is 354 g/mol. The first-order chi connectivity index (χ1) is 13.0. The molecule has 0 amide bonds. The van der Waals surface area contributed by atoms with Crippen LogP contribution in [0.1, 0.15) is 22.3 Å². The fourth-order valence-corrected chi connectivity index (χ4v) is 3.83. The van der Waals surface area contributed by atoms with Crippen molar-refractivity contribution in [3.63, 3.8) is 0 Å². The van der Waals surface area contributed by atoms with Gasteiger partial charge >= 0.3 is 0 Å². The molecule has 3 aromatic rings. The molecule has 0 bridgehead atoms. The molecule has 0 atom stereocenters. The fraction of sp³-hybridized carbons (Fsp3) is 0.130. The van der Waals surface area contributed by atoms with E-state index >= 15 is 0 Å². The molecule has 3 aromatic carbocycles. The zero-order chi connectivity index (χ0) is 19.1. The van der Waals surface area contributed by atoms with Gasteiger partial charge in [0.25, 0.3) is 0 Å². The third-order valence-electron chi connectivity index (χ3n) is 4.33. The molecule has 0 fully saturated rings. The van der Waals surface area contributed by atoms with E-state index in [4.69, 9.17) is 0 Å². The largest absolute Gasteiger partial charge is 0.240 e. The Kier molecular flexibility index (Phi) is 6.22. The minimum atomic E-state index is -3.48. The number of hydrogen-bond acceptors (Lipinski definition) is 2. The van der Waals surface area contributed by atoms with Crippen LogP contribution in [0, 0.1) is 6.92 Å². The Bertz CT molecular complexity index is 1010. The van der Waals surface area contributed by atoms with E-state index in [0.717, 1.165) is 22.3 Å². The lowest BCUT2D eigenvalue weighted by atomic mass is 10.0. The maximum Gasteiger partial charge on any atom is 0.240 e. The van der Waals surface area contributed by atoms with E-state index < -0.39 is 10.0 Å². The summed E-state index contributed by atoms with van der Waals surface area (Å²) in [7, 11) is -3.48. The van der Waals surface area contributed by atoms with Gasteiger partial charge in [0.1, 0.15) is 0 Å². The number of rotatable bonds is 7. The molecule has 1 N–H and O–H groups in total. The Morgan fingerprint density at radius 3 is 2.22 bits per heavy atom. The Morgan fingerprint density at radius 2 is 1.48 bits per heavy atom. The van der Waals surface area contributed by atoms with Gasteiger partial charge in [-0.15, -0.1) is 0 Å². The summed E-state index contributed by atoms with van der Waals surface area (Å²) in [6.45, 7) is 2.29. The second kappa shape index (κ2) is 8.80. The zero-order valence-electron chi connectivity index (χ0n) is 15.3. The smallest absolute Gasteiger partial charge is 0.211 e. The van der Waals surface area contributed by atoms with Gasteiger partial charge in [-0.3, -0.25) is 0 Å². The van der Waals surface area contributed by atoms with E-state index in [2.05, 4.69) is 29.0 Å². The van der Waals surface area contributed by atoms with Crippen LogP contribution in [-0.2, 0) is 16.4 Å². The van der Waals surface area contributed by atoms with Crippen LogP contribution in [0.5, 0.6) is 0 Å². The average molecular weight is 378 g/mol. The summed E-state index contributed by atoms with van der Waals surface area (Å²) < 4.78 is 27.5. The number of hydrogen-bond donors (Lipinski definition) is 1. The maximum atomic E-state index is 12.4. The zero-order valence-corrected chi connectivity index (χ0v) is 16.1. The first kappa shape index (κ1) is 19.1. The summed E-state index contributed by atoms with van der Waals surface area (Å²) in [4.78, 5) is 0.297. The van der Waals surface area contributed by atoms with Gasteiger partial charge in [0.2, 0.25) is 10.0 Å². The van der Waals surface area contributed by atoms with Gasteiger partial charge in [0, 0.05) is 6.54 Å². The van der Waals surface area contributed by atoms with Crippen LogP contribution in [0.3, 0.4) is 0 Å². The Hall–Kier alpha value is -2.69. The molecule has 3 nitrogen and oxygen atoms in total. The molecule has 0 heterocycles. The minimum absolute atomic E-state index is 0.297. The molecule has 3 rings (SSSR count). The lowest BCUT2D eigenvalue weighted by molar-refractivity contribution is 0.581.